The van der Waals surface area contributed by atoms with Crippen LogP contribution in [0.4, 0.5) is 16.5 Å². The molecule has 2 N–H and O–H groups in total. The van der Waals surface area contributed by atoms with Crippen LogP contribution in [0.3, 0.4) is 0 Å². The van der Waals surface area contributed by atoms with E-state index in [9.17, 15) is 4.79 Å². The highest BCUT2D eigenvalue weighted by atomic mass is 32.2. The third-order valence-electron chi connectivity index (χ3n) is 5.17. The van der Waals surface area contributed by atoms with Crippen LogP contribution in [-0.2, 0) is 4.79 Å². The molecule has 1 aromatic heterocycles. The van der Waals surface area contributed by atoms with Crippen LogP contribution < -0.4 is 10.6 Å². The summed E-state index contributed by atoms with van der Waals surface area (Å²) in [5.41, 5.74) is 7.28. The second-order valence-corrected chi connectivity index (χ2v) is 10.4. The van der Waals surface area contributed by atoms with Gasteiger partial charge in [-0.3, -0.25) is 4.79 Å². The highest BCUT2D eigenvalue weighted by Gasteiger charge is 2.24. The molecule has 4 rings (SSSR count). The van der Waals surface area contributed by atoms with Crippen molar-refractivity contribution in [1.82, 2.24) is 10.2 Å². The Bertz CT molecular complexity index is 1230. The highest BCUT2D eigenvalue weighted by Crippen LogP contribution is 2.39. The standard InChI is InChI=1S/C26H26N4OS2/c1-16-13-17(2)15-21(14-16)27-24(31)23(20-11-6-5-7-12-20)32-26-30-29-25(33-26)28-22-18(3)9-8-10-19(22)4/h5-15,23H,1-4H3,(H,27,31)(H,28,29)/t23-/m0/s1. The van der Waals surface area contributed by atoms with Crippen LogP contribution in [0.25, 0.3) is 0 Å². The fraction of sp³-hybridized carbons (Fsp3) is 0.192. The van der Waals surface area contributed by atoms with Crippen molar-refractivity contribution >= 4 is 45.5 Å². The average Bonchev–Trinajstić information content (AvgIpc) is 3.22. The Kier molecular flexibility index (Phi) is 7.11. The van der Waals surface area contributed by atoms with Crippen molar-refractivity contribution in [1.29, 1.82) is 0 Å². The Hall–Kier alpha value is -3.16. The summed E-state index contributed by atoms with van der Waals surface area (Å²) >= 11 is 2.86. The summed E-state index contributed by atoms with van der Waals surface area (Å²) in [6.07, 6.45) is 0. The third-order valence-corrected chi connectivity index (χ3v) is 7.35. The molecule has 1 amide bonds. The SMILES string of the molecule is Cc1cc(C)cc(NC(=O)[C@@H](Sc2nnc(Nc3c(C)cccc3C)s2)c2ccccc2)c1. The molecular formula is C26H26N4OS2. The summed E-state index contributed by atoms with van der Waals surface area (Å²) in [4.78, 5) is 13.3. The van der Waals surface area contributed by atoms with Gasteiger partial charge < -0.3 is 10.6 Å². The lowest BCUT2D eigenvalue weighted by molar-refractivity contribution is -0.115. The van der Waals surface area contributed by atoms with Crippen LogP contribution >= 0.6 is 23.1 Å². The monoisotopic (exact) mass is 474 g/mol. The van der Waals surface area contributed by atoms with Crippen LogP contribution in [0.5, 0.6) is 0 Å². The summed E-state index contributed by atoms with van der Waals surface area (Å²) in [5.74, 6) is -0.0874. The number of amides is 1. The van der Waals surface area contributed by atoms with Gasteiger partial charge in [0, 0.05) is 11.4 Å². The van der Waals surface area contributed by atoms with E-state index in [0.29, 0.717) is 5.13 Å². The number of anilines is 3. The van der Waals surface area contributed by atoms with Gasteiger partial charge >= 0.3 is 0 Å². The van der Waals surface area contributed by atoms with Gasteiger partial charge in [0.05, 0.1) is 0 Å². The molecule has 1 atom stereocenters. The second kappa shape index (κ2) is 10.2. The number of carbonyl (C=O) groups is 1. The Labute approximate surface area is 202 Å². The summed E-state index contributed by atoms with van der Waals surface area (Å²) in [6, 6.07) is 22.0. The number of hydrogen-bond acceptors (Lipinski definition) is 6. The van der Waals surface area contributed by atoms with E-state index in [4.69, 9.17) is 0 Å². The first-order valence-corrected chi connectivity index (χ1v) is 12.4. The zero-order valence-electron chi connectivity index (χ0n) is 19.0. The Morgan fingerprint density at radius 3 is 2.21 bits per heavy atom. The van der Waals surface area contributed by atoms with Gasteiger partial charge in [0.1, 0.15) is 5.25 Å². The predicted molar refractivity (Wildman–Crippen MR) is 139 cm³/mol. The van der Waals surface area contributed by atoms with Crippen molar-refractivity contribution < 1.29 is 4.79 Å². The number of rotatable bonds is 7. The van der Waals surface area contributed by atoms with Gasteiger partial charge in [0.2, 0.25) is 11.0 Å². The molecule has 33 heavy (non-hydrogen) atoms. The van der Waals surface area contributed by atoms with Crippen molar-refractivity contribution in [3.05, 3.63) is 94.5 Å². The number of nitrogens with zero attached hydrogens (tertiary/aromatic N) is 2. The first kappa shape index (κ1) is 23.0. The smallest absolute Gasteiger partial charge is 0.242 e. The Morgan fingerprint density at radius 1 is 0.879 bits per heavy atom. The van der Waals surface area contributed by atoms with Crippen molar-refractivity contribution in [2.24, 2.45) is 0 Å². The maximum absolute atomic E-state index is 13.3. The molecule has 1 heterocycles. The molecule has 168 valence electrons. The first-order chi connectivity index (χ1) is 15.9. The number of hydrogen-bond donors (Lipinski definition) is 2. The molecule has 0 spiro atoms. The van der Waals surface area contributed by atoms with Gasteiger partial charge in [-0.1, -0.05) is 77.7 Å². The predicted octanol–water partition coefficient (Wildman–Crippen LogP) is 6.99. The summed E-state index contributed by atoms with van der Waals surface area (Å²) in [6.45, 7) is 8.18. The van der Waals surface area contributed by atoms with E-state index in [1.807, 2.05) is 62.4 Å². The molecule has 0 radical (unpaired) electrons. The van der Waals surface area contributed by atoms with E-state index < -0.39 is 5.25 Å². The van der Waals surface area contributed by atoms with Crippen LogP contribution in [0.15, 0.2) is 71.1 Å². The number of para-hydroxylation sites is 1. The van der Waals surface area contributed by atoms with Crippen LogP contribution in [0.1, 0.15) is 33.1 Å². The van der Waals surface area contributed by atoms with Crippen LogP contribution in [-0.4, -0.2) is 16.1 Å². The van der Waals surface area contributed by atoms with E-state index in [-0.39, 0.29) is 5.91 Å². The average molecular weight is 475 g/mol. The zero-order valence-corrected chi connectivity index (χ0v) is 20.7. The first-order valence-electron chi connectivity index (χ1n) is 10.7. The van der Waals surface area contributed by atoms with E-state index >= 15 is 0 Å². The van der Waals surface area contributed by atoms with E-state index in [0.717, 1.165) is 43.5 Å². The number of nitrogens with one attached hydrogen (secondary N) is 2. The van der Waals surface area contributed by atoms with E-state index in [1.54, 1.807) is 0 Å². The lowest BCUT2D eigenvalue weighted by Gasteiger charge is -2.16. The van der Waals surface area contributed by atoms with Gasteiger partial charge in [-0.15, -0.1) is 10.2 Å². The molecule has 5 nitrogen and oxygen atoms in total. The molecule has 0 saturated heterocycles. The number of thioether (sulfide) groups is 1. The summed E-state index contributed by atoms with van der Waals surface area (Å²) in [7, 11) is 0. The zero-order chi connectivity index (χ0) is 23.4. The summed E-state index contributed by atoms with van der Waals surface area (Å²) < 4.78 is 0.730. The molecule has 7 heteroatoms. The summed E-state index contributed by atoms with van der Waals surface area (Å²) in [5, 5.41) is 15.4. The minimum Gasteiger partial charge on any atom is -0.330 e. The van der Waals surface area contributed by atoms with Gasteiger partial charge in [-0.2, -0.15) is 0 Å². The fourth-order valence-corrected chi connectivity index (χ4v) is 5.63. The fourth-order valence-electron chi connectivity index (χ4n) is 3.68. The molecule has 0 bridgehead atoms. The molecule has 0 unspecified atom stereocenters. The largest absolute Gasteiger partial charge is 0.330 e. The quantitative estimate of drug-likeness (QED) is 0.283. The lowest BCUT2D eigenvalue weighted by atomic mass is 10.1. The minimum atomic E-state index is -0.451. The Balaban J connectivity index is 1.56. The van der Waals surface area contributed by atoms with Gasteiger partial charge in [0.15, 0.2) is 4.34 Å². The van der Waals surface area contributed by atoms with Crippen molar-refractivity contribution in [2.75, 3.05) is 10.6 Å². The third kappa shape index (κ3) is 5.80. The van der Waals surface area contributed by atoms with Crippen molar-refractivity contribution in [3.63, 3.8) is 0 Å². The molecule has 0 aliphatic carbocycles. The molecule has 0 aliphatic heterocycles. The minimum absolute atomic E-state index is 0.0874. The molecule has 4 aromatic rings. The lowest BCUT2D eigenvalue weighted by Crippen LogP contribution is -2.19. The van der Waals surface area contributed by atoms with Gasteiger partial charge in [-0.05, 0) is 67.6 Å². The van der Waals surface area contributed by atoms with Gasteiger partial charge in [-0.25, -0.2) is 0 Å². The molecule has 3 aromatic carbocycles. The molecular weight excluding hydrogens is 448 g/mol. The number of aryl methyl sites for hydroxylation is 4. The molecule has 0 saturated carbocycles. The molecule has 0 fully saturated rings. The van der Waals surface area contributed by atoms with E-state index in [1.165, 1.54) is 23.1 Å². The van der Waals surface area contributed by atoms with Crippen molar-refractivity contribution in [2.45, 2.75) is 37.3 Å². The molecule has 0 aliphatic rings. The number of carbonyl (C=O) groups excluding carboxylic acids is 1. The van der Waals surface area contributed by atoms with E-state index in [2.05, 4.69) is 52.9 Å². The Morgan fingerprint density at radius 2 is 1.55 bits per heavy atom. The maximum atomic E-state index is 13.3. The van der Waals surface area contributed by atoms with Gasteiger partial charge in [0.25, 0.3) is 0 Å². The van der Waals surface area contributed by atoms with Crippen LogP contribution in [0.2, 0.25) is 0 Å². The second-order valence-electron chi connectivity index (χ2n) is 8.04. The normalized spacial score (nSPS) is 11.8. The van der Waals surface area contributed by atoms with Crippen molar-refractivity contribution in [3.8, 4) is 0 Å². The topological polar surface area (TPSA) is 66.9 Å². The van der Waals surface area contributed by atoms with Crippen LogP contribution in [0, 0.1) is 27.7 Å². The maximum Gasteiger partial charge on any atom is 0.242 e. The number of benzene rings is 3. The highest BCUT2D eigenvalue weighted by molar-refractivity contribution is 8.02. The number of aromatic nitrogens is 2.